The highest BCUT2D eigenvalue weighted by atomic mass is 35.5. The van der Waals surface area contributed by atoms with Crippen LogP contribution in [0.25, 0.3) is 0 Å². The average molecular weight is 271 g/mol. The van der Waals surface area contributed by atoms with E-state index in [2.05, 4.69) is 19.2 Å². The quantitative estimate of drug-likeness (QED) is 0.883. The van der Waals surface area contributed by atoms with Gasteiger partial charge in [0.15, 0.2) is 0 Å². The molecule has 0 fully saturated rings. The van der Waals surface area contributed by atoms with Crippen molar-refractivity contribution < 1.29 is 4.79 Å². The Labute approximate surface area is 116 Å². The third-order valence-electron chi connectivity index (χ3n) is 3.04. The first-order valence-electron chi connectivity index (χ1n) is 6.08. The lowest BCUT2D eigenvalue weighted by atomic mass is 9.99. The third kappa shape index (κ3) is 4.31. The van der Waals surface area contributed by atoms with Crippen LogP contribution in [0, 0.1) is 5.92 Å². The summed E-state index contributed by atoms with van der Waals surface area (Å²) in [6.45, 7) is 7.91. The second kappa shape index (κ2) is 7.39. The van der Waals surface area contributed by atoms with Crippen LogP contribution in [0.15, 0.2) is 24.3 Å². The zero-order valence-corrected chi connectivity index (χ0v) is 12.3. The van der Waals surface area contributed by atoms with Crippen LogP contribution < -0.4 is 11.1 Å². The van der Waals surface area contributed by atoms with E-state index >= 15 is 0 Å². The highest BCUT2D eigenvalue weighted by molar-refractivity contribution is 5.93. The molecule has 0 aliphatic heterocycles. The molecule has 1 aromatic rings. The molecule has 4 heteroatoms. The Kier molecular flexibility index (Phi) is 6.96. The molecule has 1 aromatic carbocycles. The summed E-state index contributed by atoms with van der Waals surface area (Å²) < 4.78 is 0. The number of hydrogen-bond acceptors (Lipinski definition) is 2. The monoisotopic (exact) mass is 270 g/mol. The Morgan fingerprint density at radius 3 is 2.22 bits per heavy atom. The zero-order chi connectivity index (χ0) is 13.0. The van der Waals surface area contributed by atoms with Crippen molar-refractivity contribution in [3.63, 3.8) is 0 Å². The predicted molar refractivity (Wildman–Crippen MR) is 79.2 cm³/mol. The largest absolute Gasteiger partial charge is 0.327 e. The fourth-order valence-electron chi connectivity index (χ4n) is 1.60. The van der Waals surface area contributed by atoms with Gasteiger partial charge in [0.05, 0.1) is 5.92 Å². The van der Waals surface area contributed by atoms with Gasteiger partial charge < -0.3 is 11.1 Å². The Morgan fingerprint density at radius 1 is 1.17 bits per heavy atom. The molecular weight excluding hydrogens is 248 g/mol. The minimum absolute atomic E-state index is 0. The molecule has 0 aromatic heterocycles. The molecular formula is C14H23ClN2O. The fourth-order valence-corrected chi connectivity index (χ4v) is 1.60. The van der Waals surface area contributed by atoms with Gasteiger partial charge in [-0.05, 0) is 24.5 Å². The van der Waals surface area contributed by atoms with Gasteiger partial charge in [-0.1, -0.05) is 39.0 Å². The first-order valence-corrected chi connectivity index (χ1v) is 6.08. The summed E-state index contributed by atoms with van der Waals surface area (Å²) in [5, 5.41) is 2.95. The van der Waals surface area contributed by atoms with Gasteiger partial charge >= 0.3 is 0 Å². The highest BCUT2D eigenvalue weighted by Gasteiger charge is 2.18. The summed E-state index contributed by atoms with van der Waals surface area (Å²) in [7, 11) is 0. The van der Waals surface area contributed by atoms with Crippen molar-refractivity contribution in [3.8, 4) is 0 Å². The molecule has 0 aliphatic rings. The van der Waals surface area contributed by atoms with Crippen molar-refractivity contribution in [3.05, 3.63) is 29.8 Å². The summed E-state index contributed by atoms with van der Waals surface area (Å²) in [6.07, 6.45) is 0. The molecule has 2 atom stereocenters. The average Bonchev–Trinajstić information content (AvgIpc) is 2.28. The lowest BCUT2D eigenvalue weighted by molar-refractivity contribution is -0.119. The number of hydrogen-bond donors (Lipinski definition) is 2. The topological polar surface area (TPSA) is 55.1 Å². The first-order chi connectivity index (χ1) is 7.93. The van der Waals surface area contributed by atoms with Crippen LogP contribution in [0.1, 0.15) is 39.2 Å². The van der Waals surface area contributed by atoms with Crippen LogP contribution in [-0.2, 0) is 4.79 Å². The molecule has 3 nitrogen and oxygen atoms in total. The van der Waals surface area contributed by atoms with Crippen molar-refractivity contribution in [2.75, 3.05) is 5.32 Å². The van der Waals surface area contributed by atoms with Crippen LogP contribution >= 0.6 is 12.4 Å². The zero-order valence-electron chi connectivity index (χ0n) is 11.4. The molecule has 0 heterocycles. The van der Waals surface area contributed by atoms with Crippen molar-refractivity contribution in [1.82, 2.24) is 0 Å². The molecule has 102 valence electrons. The molecule has 0 radical (unpaired) electrons. The maximum absolute atomic E-state index is 11.9. The second-order valence-corrected chi connectivity index (χ2v) is 4.88. The SMILES string of the molecule is CC(C)c1ccccc1NC(=O)C(C)C(C)N.Cl. The van der Waals surface area contributed by atoms with Crippen LogP contribution in [0.5, 0.6) is 0 Å². The van der Waals surface area contributed by atoms with E-state index in [1.165, 1.54) is 0 Å². The van der Waals surface area contributed by atoms with Crippen molar-refractivity contribution in [1.29, 1.82) is 0 Å². The number of halogens is 1. The molecule has 18 heavy (non-hydrogen) atoms. The summed E-state index contributed by atoms with van der Waals surface area (Å²) in [4.78, 5) is 11.9. The second-order valence-electron chi connectivity index (χ2n) is 4.88. The van der Waals surface area contributed by atoms with Gasteiger partial charge in [0.2, 0.25) is 5.91 Å². The summed E-state index contributed by atoms with van der Waals surface area (Å²) in [6, 6.07) is 7.75. The van der Waals surface area contributed by atoms with E-state index in [4.69, 9.17) is 5.73 Å². The number of rotatable bonds is 4. The number of nitrogens with one attached hydrogen (secondary N) is 1. The number of benzene rings is 1. The molecule has 2 unspecified atom stereocenters. The van der Waals surface area contributed by atoms with Gasteiger partial charge in [-0.15, -0.1) is 12.4 Å². The molecule has 0 saturated carbocycles. The van der Waals surface area contributed by atoms with E-state index in [1.54, 1.807) is 0 Å². The molecule has 3 N–H and O–H groups in total. The summed E-state index contributed by atoms with van der Waals surface area (Å²) in [5.41, 5.74) is 7.77. The first kappa shape index (κ1) is 16.9. The predicted octanol–water partition coefficient (Wildman–Crippen LogP) is 3.15. The van der Waals surface area contributed by atoms with Crippen LogP contribution in [0.4, 0.5) is 5.69 Å². The van der Waals surface area contributed by atoms with Crippen molar-refractivity contribution >= 4 is 24.0 Å². The van der Waals surface area contributed by atoms with Crippen LogP contribution in [-0.4, -0.2) is 11.9 Å². The maximum atomic E-state index is 11.9. The van der Waals surface area contributed by atoms with Gasteiger partial charge in [-0.25, -0.2) is 0 Å². The van der Waals surface area contributed by atoms with E-state index in [1.807, 2.05) is 38.1 Å². The number of nitrogens with two attached hydrogens (primary N) is 1. The van der Waals surface area contributed by atoms with Crippen molar-refractivity contribution in [2.24, 2.45) is 11.7 Å². The standard InChI is InChI=1S/C14H22N2O.ClH/c1-9(2)12-7-5-6-8-13(12)16-14(17)10(3)11(4)15;/h5-11H,15H2,1-4H3,(H,16,17);1H. The highest BCUT2D eigenvalue weighted by Crippen LogP contribution is 2.24. The number of para-hydroxylation sites is 1. The minimum atomic E-state index is -0.185. The molecule has 0 spiro atoms. The Balaban J connectivity index is 0.00000289. The Morgan fingerprint density at radius 2 is 1.72 bits per heavy atom. The van der Waals surface area contributed by atoms with E-state index in [9.17, 15) is 4.79 Å². The molecule has 1 amide bonds. The minimum Gasteiger partial charge on any atom is -0.327 e. The number of carbonyl (C=O) groups is 1. The van der Waals surface area contributed by atoms with E-state index in [0.717, 1.165) is 11.3 Å². The van der Waals surface area contributed by atoms with E-state index in [0.29, 0.717) is 5.92 Å². The van der Waals surface area contributed by atoms with Crippen LogP contribution in [0.3, 0.4) is 0 Å². The Bertz CT molecular complexity index is 391. The van der Waals surface area contributed by atoms with E-state index in [-0.39, 0.29) is 30.3 Å². The molecule has 0 bridgehead atoms. The smallest absolute Gasteiger partial charge is 0.228 e. The Hall–Kier alpha value is -1.06. The van der Waals surface area contributed by atoms with Gasteiger partial charge in [0, 0.05) is 11.7 Å². The van der Waals surface area contributed by atoms with Gasteiger partial charge in [0.25, 0.3) is 0 Å². The number of amides is 1. The van der Waals surface area contributed by atoms with Gasteiger partial charge in [-0.3, -0.25) is 4.79 Å². The van der Waals surface area contributed by atoms with Gasteiger partial charge in [-0.2, -0.15) is 0 Å². The third-order valence-corrected chi connectivity index (χ3v) is 3.04. The van der Waals surface area contributed by atoms with Crippen molar-refractivity contribution in [2.45, 2.75) is 39.7 Å². The number of carbonyl (C=O) groups excluding carboxylic acids is 1. The normalized spacial score (nSPS) is 13.7. The maximum Gasteiger partial charge on any atom is 0.228 e. The molecule has 0 saturated heterocycles. The summed E-state index contributed by atoms with van der Waals surface area (Å²) >= 11 is 0. The molecule has 1 rings (SSSR count). The number of anilines is 1. The van der Waals surface area contributed by atoms with Crippen LogP contribution in [0.2, 0.25) is 0 Å². The lowest BCUT2D eigenvalue weighted by Crippen LogP contribution is -2.34. The molecule has 0 aliphatic carbocycles. The van der Waals surface area contributed by atoms with Gasteiger partial charge in [0.1, 0.15) is 0 Å². The summed E-state index contributed by atoms with van der Waals surface area (Å²) in [5.74, 6) is 0.181. The van der Waals surface area contributed by atoms with E-state index < -0.39 is 0 Å². The lowest BCUT2D eigenvalue weighted by Gasteiger charge is -2.18. The fraction of sp³-hybridized carbons (Fsp3) is 0.500.